The minimum absolute atomic E-state index is 0.259. The number of hydrogen-bond acceptors (Lipinski definition) is 6. The Morgan fingerprint density at radius 2 is 2.33 bits per heavy atom. The van der Waals surface area contributed by atoms with Crippen LogP contribution in [0.5, 0.6) is 0 Å². The molecule has 1 unspecified atom stereocenters. The zero-order valence-electron chi connectivity index (χ0n) is 10.9. The lowest BCUT2D eigenvalue weighted by atomic mass is 10.2. The van der Waals surface area contributed by atoms with Crippen molar-refractivity contribution in [2.75, 3.05) is 6.61 Å². The molecule has 3 aromatic rings. The molecule has 1 aliphatic rings. The number of aromatic nitrogens is 5. The zero-order chi connectivity index (χ0) is 14.6. The highest BCUT2D eigenvalue weighted by Crippen LogP contribution is 2.30. The van der Waals surface area contributed by atoms with E-state index in [0.717, 1.165) is 0 Å². The third-order valence-corrected chi connectivity index (χ3v) is 3.78. The van der Waals surface area contributed by atoms with Crippen LogP contribution in [-0.2, 0) is 4.74 Å². The Labute approximate surface area is 117 Å². The van der Waals surface area contributed by atoms with Crippen LogP contribution in [0.2, 0.25) is 0 Å². The lowest BCUT2D eigenvalue weighted by Crippen LogP contribution is -2.24. The standard InChI is InChI=1S/C12H13N5O4/c18-4-7-6(19)3-8(21-7)17-5-14-9-10(17)15-12-13-1-2-16(12)11(9)20/h1-2,5-8,18-19H,3-4H2,(H,13,15)/t6?,7-,8+/m0/s1. The molecule has 21 heavy (non-hydrogen) atoms. The molecule has 0 bridgehead atoms. The van der Waals surface area contributed by atoms with Crippen molar-refractivity contribution in [1.82, 2.24) is 23.9 Å². The van der Waals surface area contributed by atoms with E-state index in [2.05, 4.69) is 15.0 Å². The van der Waals surface area contributed by atoms with Crippen molar-refractivity contribution in [3.8, 4) is 0 Å². The van der Waals surface area contributed by atoms with Gasteiger partial charge in [0.1, 0.15) is 18.0 Å². The second-order valence-corrected chi connectivity index (χ2v) is 5.01. The van der Waals surface area contributed by atoms with Crippen LogP contribution in [0.3, 0.4) is 0 Å². The largest absolute Gasteiger partial charge is 0.394 e. The SMILES string of the molecule is O=c1c2ncn([C@H]3CC(O)[C@H](CO)O3)c2[nH]c2nccn12. The fourth-order valence-corrected chi connectivity index (χ4v) is 2.69. The number of aromatic amines is 1. The average molecular weight is 291 g/mol. The van der Waals surface area contributed by atoms with Crippen LogP contribution < -0.4 is 5.56 Å². The van der Waals surface area contributed by atoms with Crippen molar-refractivity contribution in [3.05, 3.63) is 29.1 Å². The van der Waals surface area contributed by atoms with Crippen molar-refractivity contribution >= 4 is 16.9 Å². The smallest absolute Gasteiger partial charge is 0.287 e. The van der Waals surface area contributed by atoms with E-state index >= 15 is 0 Å². The van der Waals surface area contributed by atoms with Gasteiger partial charge < -0.3 is 19.9 Å². The number of H-pyrrole nitrogens is 1. The Hall–Kier alpha value is -2.23. The summed E-state index contributed by atoms with van der Waals surface area (Å²) >= 11 is 0. The van der Waals surface area contributed by atoms with Gasteiger partial charge in [-0.2, -0.15) is 0 Å². The first-order valence-electron chi connectivity index (χ1n) is 6.55. The minimum Gasteiger partial charge on any atom is -0.394 e. The number of fused-ring (bicyclic) bond motifs is 2. The molecule has 1 saturated heterocycles. The van der Waals surface area contributed by atoms with Crippen LogP contribution in [0.25, 0.3) is 16.9 Å². The topological polar surface area (TPSA) is 118 Å². The molecule has 1 aliphatic heterocycles. The maximum absolute atomic E-state index is 12.3. The van der Waals surface area contributed by atoms with Crippen molar-refractivity contribution in [2.45, 2.75) is 24.9 Å². The molecule has 1 fully saturated rings. The number of hydrogen-bond donors (Lipinski definition) is 3. The molecule has 9 nitrogen and oxygen atoms in total. The van der Waals surface area contributed by atoms with E-state index < -0.39 is 18.4 Å². The van der Waals surface area contributed by atoms with Gasteiger partial charge in [0.15, 0.2) is 5.52 Å². The van der Waals surface area contributed by atoms with Crippen LogP contribution in [0, 0.1) is 0 Å². The summed E-state index contributed by atoms with van der Waals surface area (Å²) in [6.45, 7) is -0.259. The van der Waals surface area contributed by atoms with Gasteiger partial charge in [-0.1, -0.05) is 0 Å². The van der Waals surface area contributed by atoms with E-state index in [1.807, 2.05) is 0 Å². The summed E-state index contributed by atoms with van der Waals surface area (Å²) < 4.78 is 8.60. The number of aliphatic hydroxyl groups is 2. The van der Waals surface area contributed by atoms with Gasteiger partial charge in [-0.25, -0.2) is 14.4 Å². The molecular formula is C12H13N5O4. The number of aliphatic hydroxyl groups excluding tert-OH is 2. The van der Waals surface area contributed by atoms with Crippen molar-refractivity contribution < 1.29 is 14.9 Å². The fraction of sp³-hybridized carbons (Fsp3) is 0.417. The van der Waals surface area contributed by atoms with Crippen LogP contribution in [0.1, 0.15) is 12.6 Å². The van der Waals surface area contributed by atoms with Gasteiger partial charge >= 0.3 is 0 Å². The van der Waals surface area contributed by atoms with E-state index in [1.54, 1.807) is 10.8 Å². The van der Waals surface area contributed by atoms with Crippen LogP contribution >= 0.6 is 0 Å². The maximum atomic E-state index is 12.3. The quantitative estimate of drug-likeness (QED) is 0.558. The zero-order valence-corrected chi connectivity index (χ0v) is 10.9. The van der Waals surface area contributed by atoms with E-state index in [0.29, 0.717) is 17.8 Å². The second-order valence-electron chi connectivity index (χ2n) is 5.01. The molecule has 3 atom stereocenters. The summed E-state index contributed by atoms with van der Waals surface area (Å²) in [4.78, 5) is 23.5. The summed E-state index contributed by atoms with van der Waals surface area (Å²) in [6, 6.07) is 0. The minimum atomic E-state index is -0.751. The van der Waals surface area contributed by atoms with Crippen LogP contribution in [0.4, 0.5) is 0 Å². The van der Waals surface area contributed by atoms with Gasteiger partial charge in [-0.15, -0.1) is 0 Å². The van der Waals surface area contributed by atoms with Crippen LogP contribution in [-0.4, -0.2) is 52.9 Å². The lowest BCUT2D eigenvalue weighted by Gasteiger charge is -2.13. The molecule has 3 N–H and O–H groups in total. The second kappa shape index (κ2) is 4.38. The van der Waals surface area contributed by atoms with Gasteiger partial charge in [-0.3, -0.25) is 9.36 Å². The van der Waals surface area contributed by atoms with Gasteiger partial charge in [0.25, 0.3) is 5.56 Å². The highest BCUT2D eigenvalue weighted by atomic mass is 16.5. The molecule has 0 radical (unpaired) electrons. The van der Waals surface area contributed by atoms with Crippen molar-refractivity contribution in [2.24, 2.45) is 0 Å². The van der Waals surface area contributed by atoms with Gasteiger partial charge in [-0.05, 0) is 0 Å². The monoisotopic (exact) mass is 291 g/mol. The Morgan fingerprint density at radius 1 is 1.48 bits per heavy atom. The molecule has 110 valence electrons. The van der Waals surface area contributed by atoms with E-state index in [1.165, 1.54) is 16.9 Å². The van der Waals surface area contributed by atoms with Crippen LogP contribution in [0.15, 0.2) is 23.5 Å². The number of ether oxygens (including phenoxy) is 1. The maximum Gasteiger partial charge on any atom is 0.287 e. The molecule has 0 aromatic carbocycles. The molecule has 3 aromatic heterocycles. The first-order chi connectivity index (χ1) is 10.2. The summed E-state index contributed by atoms with van der Waals surface area (Å²) in [5.41, 5.74) is 0.479. The highest BCUT2D eigenvalue weighted by Gasteiger charge is 2.35. The normalized spacial score (nSPS) is 26.1. The molecule has 0 aliphatic carbocycles. The van der Waals surface area contributed by atoms with E-state index in [4.69, 9.17) is 9.84 Å². The molecule has 4 rings (SSSR count). The van der Waals surface area contributed by atoms with E-state index in [-0.39, 0.29) is 17.7 Å². The summed E-state index contributed by atoms with van der Waals surface area (Å²) in [5.74, 6) is 0.409. The Kier molecular flexibility index (Phi) is 2.61. The molecule has 4 heterocycles. The third-order valence-electron chi connectivity index (χ3n) is 3.78. The number of nitrogens with zero attached hydrogens (tertiary/aromatic N) is 4. The Morgan fingerprint density at radius 3 is 3.10 bits per heavy atom. The Balaban J connectivity index is 1.87. The lowest BCUT2D eigenvalue weighted by molar-refractivity contribution is -0.0432. The third kappa shape index (κ3) is 1.71. The first-order valence-corrected chi connectivity index (χ1v) is 6.55. The predicted octanol–water partition coefficient (Wildman–Crippen LogP) is -0.987. The highest BCUT2D eigenvalue weighted by molar-refractivity contribution is 5.71. The number of imidazole rings is 2. The van der Waals surface area contributed by atoms with Gasteiger partial charge in [0, 0.05) is 18.8 Å². The van der Waals surface area contributed by atoms with Gasteiger partial charge in [0.05, 0.1) is 19.0 Å². The summed E-state index contributed by atoms with van der Waals surface area (Å²) in [6.07, 6.45) is 3.01. The first kappa shape index (κ1) is 12.5. The number of rotatable bonds is 2. The average Bonchev–Trinajstić information content (AvgIpc) is 3.16. The fourth-order valence-electron chi connectivity index (χ4n) is 2.69. The molecule has 0 saturated carbocycles. The molecule has 9 heteroatoms. The number of nitrogens with one attached hydrogen (secondary N) is 1. The van der Waals surface area contributed by atoms with Gasteiger partial charge in [0.2, 0.25) is 5.78 Å². The summed E-state index contributed by atoms with van der Waals surface area (Å²) in [7, 11) is 0. The Bertz CT molecular complexity index is 865. The van der Waals surface area contributed by atoms with E-state index in [9.17, 15) is 9.90 Å². The molecule has 0 spiro atoms. The molecular weight excluding hydrogens is 278 g/mol. The summed E-state index contributed by atoms with van der Waals surface area (Å²) in [5, 5.41) is 19.0. The predicted molar refractivity (Wildman–Crippen MR) is 70.7 cm³/mol. The molecule has 0 amide bonds. The van der Waals surface area contributed by atoms with Crippen molar-refractivity contribution in [1.29, 1.82) is 0 Å². The van der Waals surface area contributed by atoms with Crippen molar-refractivity contribution in [3.63, 3.8) is 0 Å².